The number of aromatic nitrogens is 1. The number of halogens is 1. The van der Waals surface area contributed by atoms with Gasteiger partial charge in [0.15, 0.2) is 5.82 Å². The number of hydrogen-bond acceptors (Lipinski definition) is 9. The molecular weight excluding hydrogens is 389 g/mol. The minimum Gasteiger partial charge on any atom is -0.403 e. The molecule has 1 fully saturated rings. The molecule has 1 aromatic heterocycles. The standard InChI is InChI=1S/C19H28FN9O/c20-13-10-12(17(23)30)18(28-19(13)27-15-4-2-1-3-14(15)22)26-11-5-7-25-16(9-11)29(24)8-6-21/h5-9,12,14-15,27H,1-4,10,21-22,24H2,(H2,23,30)(H,25,26,28)/b8-6-/t12?,14-,15+/m0/s1. The molecule has 1 aliphatic heterocycles. The van der Waals surface area contributed by atoms with Gasteiger partial charge in [0, 0.05) is 48.9 Å². The Morgan fingerprint density at radius 2 is 2.10 bits per heavy atom. The second-order valence-corrected chi connectivity index (χ2v) is 7.39. The summed E-state index contributed by atoms with van der Waals surface area (Å²) in [4.78, 5) is 20.4. The van der Waals surface area contributed by atoms with Crippen LogP contribution in [0.3, 0.4) is 0 Å². The summed E-state index contributed by atoms with van der Waals surface area (Å²) in [6.07, 6.45) is 7.85. The van der Waals surface area contributed by atoms with E-state index in [9.17, 15) is 9.18 Å². The maximum Gasteiger partial charge on any atom is 0.228 e. The van der Waals surface area contributed by atoms with Crippen LogP contribution in [0.2, 0.25) is 0 Å². The van der Waals surface area contributed by atoms with Crippen LogP contribution in [0.5, 0.6) is 0 Å². The molecule has 10 nitrogen and oxygen atoms in total. The summed E-state index contributed by atoms with van der Waals surface area (Å²) in [6, 6.07) is 3.16. The lowest BCUT2D eigenvalue weighted by atomic mass is 9.91. The molecule has 1 aliphatic carbocycles. The van der Waals surface area contributed by atoms with Gasteiger partial charge in [-0.25, -0.2) is 20.2 Å². The highest BCUT2D eigenvalue weighted by Gasteiger charge is 2.32. The Labute approximate surface area is 174 Å². The van der Waals surface area contributed by atoms with Crippen molar-refractivity contribution in [3.05, 3.63) is 42.4 Å². The molecule has 1 amide bonds. The Morgan fingerprint density at radius 1 is 1.33 bits per heavy atom. The highest BCUT2D eigenvalue weighted by atomic mass is 19.1. The maximum absolute atomic E-state index is 14.7. The van der Waals surface area contributed by atoms with Crippen molar-refractivity contribution in [2.24, 2.45) is 34.0 Å². The number of carbonyl (C=O) groups excluding carboxylic acids is 1. The normalized spacial score (nSPS) is 24.5. The second kappa shape index (κ2) is 9.55. The smallest absolute Gasteiger partial charge is 0.228 e. The van der Waals surface area contributed by atoms with Crippen molar-refractivity contribution in [3.63, 3.8) is 0 Å². The molecule has 0 saturated heterocycles. The molecule has 1 saturated carbocycles. The summed E-state index contributed by atoms with van der Waals surface area (Å²) in [5, 5.41) is 7.40. The van der Waals surface area contributed by atoms with Crippen LogP contribution in [0.4, 0.5) is 15.9 Å². The number of hydrogen-bond donors (Lipinski definition) is 6. The summed E-state index contributed by atoms with van der Waals surface area (Å²) in [7, 11) is 0. The van der Waals surface area contributed by atoms with Gasteiger partial charge < -0.3 is 27.8 Å². The van der Waals surface area contributed by atoms with Crippen LogP contribution >= 0.6 is 0 Å². The molecule has 30 heavy (non-hydrogen) atoms. The zero-order chi connectivity index (χ0) is 21.7. The van der Waals surface area contributed by atoms with Crippen molar-refractivity contribution >= 4 is 23.2 Å². The Kier molecular flexibility index (Phi) is 6.85. The third-order valence-corrected chi connectivity index (χ3v) is 5.22. The first-order chi connectivity index (χ1) is 14.4. The van der Waals surface area contributed by atoms with Crippen LogP contribution in [0, 0.1) is 5.92 Å². The van der Waals surface area contributed by atoms with E-state index in [1.807, 2.05) is 0 Å². The zero-order valence-electron chi connectivity index (χ0n) is 16.6. The van der Waals surface area contributed by atoms with Gasteiger partial charge in [0.05, 0.1) is 0 Å². The van der Waals surface area contributed by atoms with E-state index in [1.54, 1.807) is 12.1 Å². The van der Waals surface area contributed by atoms with Gasteiger partial charge in [0.2, 0.25) is 5.91 Å². The molecule has 2 aliphatic rings. The highest BCUT2D eigenvalue weighted by Crippen LogP contribution is 2.27. The van der Waals surface area contributed by atoms with E-state index in [0.29, 0.717) is 11.5 Å². The van der Waals surface area contributed by atoms with E-state index < -0.39 is 17.7 Å². The number of nitrogens with two attached hydrogens (primary N) is 4. The average molecular weight is 417 g/mol. The van der Waals surface area contributed by atoms with E-state index in [-0.39, 0.29) is 30.2 Å². The van der Waals surface area contributed by atoms with Crippen LogP contribution in [-0.2, 0) is 4.79 Å². The third-order valence-electron chi connectivity index (χ3n) is 5.22. The Morgan fingerprint density at radius 3 is 2.80 bits per heavy atom. The summed E-state index contributed by atoms with van der Waals surface area (Å²) in [6.45, 7) is 0. The van der Waals surface area contributed by atoms with Gasteiger partial charge in [-0.2, -0.15) is 0 Å². The van der Waals surface area contributed by atoms with Gasteiger partial charge in [-0.3, -0.25) is 9.80 Å². The van der Waals surface area contributed by atoms with Crippen molar-refractivity contribution in [3.8, 4) is 0 Å². The molecule has 11 heteroatoms. The number of nitrogens with zero attached hydrogens (tertiary/aromatic N) is 3. The second-order valence-electron chi connectivity index (χ2n) is 7.39. The van der Waals surface area contributed by atoms with E-state index >= 15 is 0 Å². The SMILES string of the molecule is N/C=C\N(N)c1cc(NC2=NC(N[C@@H]3CCCC[C@@H]3N)=C(F)CC2C(N)=O)ccn1. The first-order valence-corrected chi connectivity index (χ1v) is 9.83. The number of nitrogens with one attached hydrogen (secondary N) is 2. The lowest BCUT2D eigenvalue weighted by Crippen LogP contribution is -2.47. The lowest BCUT2D eigenvalue weighted by molar-refractivity contribution is -0.120. The van der Waals surface area contributed by atoms with E-state index in [2.05, 4.69) is 20.6 Å². The Bertz CT molecular complexity index is 869. The molecule has 0 radical (unpaired) electrons. The first-order valence-electron chi connectivity index (χ1n) is 9.83. The largest absolute Gasteiger partial charge is 0.403 e. The van der Waals surface area contributed by atoms with Gasteiger partial charge >= 0.3 is 0 Å². The molecular formula is C19H28FN9O. The number of aliphatic imine (C=N–C) groups is 1. The Hall–Kier alpha value is -3.18. The molecule has 1 aromatic rings. The summed E-state index contributed by atoms with van der Waals surface area (Å²) in [5.74, 6) is 4.45. The number of pyridine rings is 1. The van der Waals surface area contributed by atoms with E-state index in [0.717, 1.165) is 25.7 Å². The number of primary amides is 1. The van der Waals surface area contributed by atoms with Crippen molar-refractivity contribution in [2.75, 3.05) is 10.3 Å². The van der Waals surface area contributed by atoms with Gasteiger partial charge in [0.25, 0.3) is 0 Å². The van der Waals surface area contributed by atoms with Crippen LogP contribution in [0.15, 0.2) is 47.4 Å². The number of hydrazine groups is 1. The number of allylic oxidation sites excluding steroid dienone is 1. The highest BCUT2D eigenvalue weighted by molar-refractivity contribution is 6.10. The number of rotatable bonds is 6. The summed E-state index contributed by atoms with van der Waals surface area (Å²) >= 11 is 0. The predicted octanol–water partition coefficient (Wildman–Crippen LogP) is 0.505. The van der Waals surface area contributed by atoms with Crippen LogP contribution in [0.25, 0.3) is 0 Å². The molecule has 2 heterocycles. The molecule has 162 valence electrons. The fourth-order valence-corrected chi connectivity index (χ4v) is 3.56. The Balaban J connectivity index is 1.84. The van der Waals surface area contributed by atoms with E-state index in [1.165, 1.54) is 23.6 Å². The number of amides is 1. The predicted molar refractivity (Wildman–Crippen MR) is 114 cm³/mol. The van der Waals surface area contributed by atoms with Crippen LogP contribution in [-0.4, -0.2) is 28.8 Å². The maximum atomic E-state index is 14.7. The summed E-state index contributed by atoms with van der Waals surface area (Å²) < 4.78 is 14.7. The summed E-state index contributed by atoms with van der Waals surface area (Å²) in [5.41, 5.74) is 17.6. The van der Waals surface area contributed by atoms with Crippen molar-refractivity contribution in [1.82, 2.24) is 10.3 Å². The first kappa shape index (κ1) is 21.5. The molecule has 1 unspecified atom stereocenters. The molecule has 0 spiro atoms. The van der Waals surface area contributed by atoms with Gasteiger partial charge in [-0.15, -0.1) is 0 Å². The number of amidine groups is 1. The van der Waals surface area contributed by atoms with Gasteiger partial charge in [-0.1, -0.05) is 12.8 Å². The monoisotopic (exact) mass is 417 g/mol. The molecule has 3 atom stereocenters. The minimum atomic E-state index is -0.926. The molecule has 0 bridgehead atoms. The van der Waals surface area contributed by atoms with Gasteiger partial charge in [-0.05, 0) is 18.9 Å². The number of anilines is 2. The van der Waals surface area contributed by atoms with Crippen molar-refractivity contribution in [2.45, 2.75) is 44.2 Å². The van der Waals surface area contributed by atoms with Crippen LogP contribution < -0.4 is 38.7 Å². The minimum absolute atomic E-state index is 0.0731. The molecule has 0 aromatic carbocycles. The van der Waals surface area contributed by atoms with Crippen molar-refractivity contribution < 1.29 is 9.18 Å². The topological polar surface area (TPSA) is 174 Å². The van der Waals surface area contributed by atoms with E-state index in [4.69, 9.17) is 23.0 Å². The average Bonchev–Trinajstić information content (AvgIpc) is 2.72. The lowest BCUT2D eigenvalue weighted by Gasteiger charge is -2.32. The fraction of sp³-hybridized carbons (Fsp3) is 0.421. The fourth-order valence-electron chi connectivity index (χ4n) is 3.56. The zero-order valence-corrected chi connectivity index (χ0v) is 16.6. The van der Waals surface area contributed by atoms with Crippen molar-refractivity contribution in [1.29, 1.82) is 0 Å². The third kappa shape index (κ3) is 5.05. The quantitative estimate of drug-likeness (QED) is 0.287. The van der Waals surface area contributed by atoms with Gasteiger partial charge in [0.1, 0.15) is 23.4 Å². The molecule has 10 N–H and O–H groups in total. The number of carbonyl (C=O) groups is 1. The molecule has 3 rings (SSSR count). The van der Waals surface area contributed by atoms with Crippen LogP contribution in [0.1, 0.15) is 32.1 Å².